The summed E-state index contributed by atoms with van der Waals surface area (Å²) >= 11 is 0. The molecule has 0 bridgehead atoms. The summed E-state index contributed by atoms with van der Waals surface area (Å²) in [6, 6.07) is 6.63. The van der Waals surface area contributed by atoms with E-state index in [4.69, 9.17) is 0 Å². The van der Waals surface area contributed by atoms with Gasteiger partial charge in [-0.3, -0.25) is 0 Å². The zero-order chi connectivity index (χ0) is 13.9. The van der Waals surface area contributed by atoms with Crippen molar-refractivity contribution in [1.82, 2.24) is 4.31 Å². The third-order valence-electron chi connectivity index (χ3n) is 3.31. The van der Waals surface area contributed by atoms with Crippen LogP contribution >= 0.6 is 0 Å². The zero-order valence-electron chi connectivity index (χ0n) is 10.7. The van der Waals surface area contributed by atoms with E-state index in [9.17, 15) is 13.2 Å². The standard InChI is InChI=1S/C13H16N2O3S/c1-11-5-2-3-7-13(11)19(17,18)15-8-4-6-12(9-15)14-10-16/h2-3,5,7,12H,4,6,8-9H2,1H3. The number of hydrogen-bond acceptors (Lipinski definition) is 4. The van der Waals surface area contributed by atoms with Crippen LogP contribution in [0.15, 0.2) is 34.2 Å². The van der Waals surface area contributed by atoms with Gasteiger partial charge in [0.2, 0.25) is 16.1 Å². The van der Waals surface area contributed by atoms with Crippen LogP contribution < -0.4 is 0 Å². The molecule has 1 atom stereocenters. The van der Waals surface area contributed by atoms with Crippen LogP contribution in [-0.2, 0) is 14.8 Å². The van der Waals surface area contributed by atoms with Crippen molar-refractivity contribution in [1.29, 1.82) is 0 Å². The molecule has 1 aliphatic heterocycles. The molecule has 1 aromatic rings. The lowest BCUT2D eigenvalue weighted by Gasteiger charge is -2.29. The SMILES string of the molecule is Cc1ccccc1S(=O)(=O)N1CCCC(N=C=O)C1. The van der Waals surface area contributed by atoms with Gasteiger partial charge in [0, 0.05) is 13.1 Å². The van der Waals surface area contributed by atoms with Crippen molar-refractivity contribution in [2.75, 3.05) is 13.1 Å². The van der Waals surface area contributed by atoms with E-state index >= 15 is 0 Å². The van der Waals surface area contributed by atoms with Gasteiger partial charge in [0.05, 0.1) is 10.9 Å². The van der Waals surface area contributed by atoms with E-state index in [0.717, 1.165) is 12.0 Å². The van der Waals surface area contributed by atoms with Gasteiger partial charge in [0.15, 0.2) is 0 Å². The third-order valence-corrected chi connectivity index (χ3v) is 5.33. The number of piperidine rings is 1. The number of benzene rings is 1. The van der Waals surface area contributed by atoms with Crippen molar-refractivity contribution >= 4 is 16.1 Å². The highest BCUT2D eigenvalue weighted by molar-refractivity contribution is 7.89. The van der Waals surface area contributed by atoms with Crippen molar-refractivity contribution in [3.8, 4) is 0 Å². The summed E-state index contributed by atoms with van der Waals surface area (Å²) in [6.07, 6.45) is 2.95. The summed E-state index contributed by atoms with van der Waals surface area (Å²) in [6.45, 7) is 2.51. The van der Waals surface area contributed by atoms with Crippen LogP contribution in [0, 0.1) is 6.92 Å². The number of aryl methyl sites for hydroxylation is 1. The molecule has 19 heavy (non-hydrogen) atoms. The number of carbonyl (C=O) groups excluding carboxylic acids is 1. The molecule has 1 aliphatic rings. The third kappa shape index (κ3) is 2.92. The molecule has 0 saturated carbocycles. The van der Waals surface area contributed by atoms with Crippen LogP contribution in [0.4, 0.5) is 0 Å². The molecule has 0 N–H and O–H groups in total. The average molecular weight is 280 g/mol. The molecule has 0 aliphatic carbocycles. The Morgan fingerprint density at radius 2 is 2.11 bits per heavy atom. The smallest absolute Gasteiger partial charge is 0.211 e. The van der Waals surface area contributed by atoms with E-state index in [1.54, 1.807) is 25.1 Å². The lowest BCUT2D eigenvalue weighted by molar-refractivity contribution is 0.316. The molecular weight excluding hydrogens is 264 g/mol. The first kappa shape index (κ1) is 13.9. The van der Waals surface area contributed by atoms with E-state index in [0.29, 0.717) is 17.9 Å². The Labute approximate surface area is 113 Å². The Bertz CT molecular complexity index is 606. The quantitative estimate of drug-likeness (QED) is 0.622. The highest BCUT2D eigenvalue weighted by atomic mass is 32.2. The number of isocyanates is 1. The van der Waals surface area contributed by atoms with Gasteiger partial charge < -0.3 is 0 Å². The van der Waals surface area contributed by atoms with Crippen LogP contribution in [0.25, 0.3) is 0 Å². The van der Waals surface area contributed by atoms with E-state index < -0.39 is 10.0 Å². The maximum atomic E-state index is 12.5. The van der Waals surface area contributed by atoms with E-state index in [1.807, 2.05) is 6.07 Å². The fourth-order valence-electron chi connectivity index (χ4n) is 2.30. The second-order valence-corrected chi connectivity index (χ2v) is 6.55. The number of sulfonamides is 1. The van der Waals surface area contributed by atoms with Gasteiger partial charge in [0.1, 0.15) is 0 Å². The first-order valence-electron chi connectivity index (χ1n) is 6.18. The van der Waals surface area contributed by atoms with Gasteiger partial charge in [-0.2, -0.15) is 4.31 Å². The van der Waals surface area contributed by atoms with Crippen LogP contribution in [0.1, 0.15) is 18.4 Å². The van der Waals surface area contributed by atoms with Crippen LogP contribution in [0.2, 0.25) is 0 Å². The van der Waals surface area contributed by atoms with Crippen molar-refractivity contribution in [2.45, 2.75) is 30.7 Å². The normalized spacial score (nSPS) is 20.8. The van der Waals surface area contributed by atoms with Gasteiger partial charge in [-0.1, -0.05) is 18.2 Å². The average Bonchev–Trinajstić information content (AvgIpc) is 2.40. The number of rotatable bonds is 3. The summed E-state index contributed by atoms with van der Waals surface area (Å²) in [5, 5.41) is 0. The van der Waals surface area contributed by atoms with Crippen LogP contribution in [0.5, 0.6) is 0 Å². The van der Waals surface area contributed by atoms with Crippen molar-refractivity contribution in [2.24, 2.45) is 4.99 Å². The fraction of sp³-hybridized carbons (Fsp3) is 0.462. The number of hydrogen-bond donors (Lipinski definition) is 0. The molecule has 1 fully saturated rings. The maximum Gasteiger partial charge on any atom is 0.243 e. The second kappa shape index (κ2) is 5.65. The predicted molar refractivity (Wildman–Crippen MR) is 71.1 cm³/mol. The van der Waals surface area contributed by atoms with Crippen molar-refractivity contribution in [3.63, 3.8) is 0 Å². The molecular formula is C13H16N2O3S. The highest BCUT2D eigenvalue weighted by Crippen LogP contribution is 2.23. The lowest BCUT2D eigenvalue weighted by atomic mass is 10.1. The Kier molecular flexibility index (Phi) is 4.14. The highest BCUT2D eigenvalue weighted by Gasteiger charge is 2.30. The second-order valence-electron chi connectivity index (χ2n) is 4.64. The van der Waals surface area contributed by atoms with Gasteiger partial charge in [-0.15, -0.1) is 0 Å². The molecule has 2 rings (SSSR count). The molecule has 0 amide bonds. The van der Waals surface area contributed by atoms with Crippen molar-refractivity contribution in [3.05, 3.63) is 29.8 Å². The topological polar surface area (TPSA) is 66.8 Å². The van der Waals surface area contributed by atoms with Gasteiger partial charge in [-0.05, 0) is 31.4 Å². The van der Waals surface area contributed by atoms with Crippen molar-refractivity contribution < 1.29 is 13.2 Å². The van der Waals surface area contributed by atoms with E-state index in [2.05, 4.69) is 4.99 Å². The minimum atomic E-state index is -3.50. The monoisotopic (exact) mass is 280 g/mol. The minimum absolute atomic E-state index is 0.256. The largest absolute Gasteiger partial charge is 0.243 e. The predicted octanol–water partition coefficient (Wildman–Crippen LogP) is 1.48. The number of nitrogens with zero attached hydrogens (tertiary/aromatic N) is 2. The summed E-state index contributed by atoms with van der Waals surface area (Å²) in [4.78, 5) is 14.3. The van der Waals surface area contributed by atoms with Gasteiger partial charge in [-0.25, -0.2) is 18.2 Å². The summed E-state index contributed by atoms with van der Waals surface area (Å²) in [7, 11) is -3.50. The zero-order valence-corrected chi connectivity index (χ0v) is 11.6. The molecule has 1 unspecified atom stereocenters. The first-order chi connectivity index (χ1) is 9.05. The Morgan fingerprint density at radius 3 is 2.79 bits per heavy atom. The molecule has 0 radical (unpaired) electrons. The summed E-state index contributed by atoms with van der Waals surface area (Å²) < 4.78 is 26.5. The lowest BCUT2D eigenvalue weighted by Crippen LogP contribution is -2.41. The number of aliphatic imine (C=N–C) groups is 1. The Morgan fingerprint density at radius 1 is 1.37 bits per heavy atom. The fourth-order valence-corrected chi connectivity index (χ4v) is 4.05. The molecule has 0 aromatic heterocycles. The molecule has 6 heteroatoms. The van der Waals surface area contributed by atoms with Crippen LogP contribution in [0.3, 0.4) is 0 Å². The van der Waals surface area contributed by atoms with E-state index in [-0.39, 0.29) is 12.6 Å². The Hall–Kier alpha value is -1.49. The summed E-state index contributed by atoms with van der Waals surface area (Å²) in [5.74, 6) is 0. The maximum absolute atomic E-state index is 12.5. The molecule has 0 spiro atoms. The molecule has 1 saturated heterocycles. The summed E-state index contributed by atoms with van der Waals surface area (Å²) in [5.41, 5.74) is 0.725. The first-order valence-corrected chi connectivity index (χ1v) is 7.62. The van der Waals surface area contributed by atoms with Gasteiger partial charge >= 0.3 is 0 Å². The minimum Gasteiger partial charge on any atom is -0.211 e. The Balaban J connectivity index is 2.30. The van der Waals surface area contributed by atoms with Crippen LogP contribution in [-0.4, -0.2) is 37.9 Å². The molecule has 1 aromatic carbocycles. The molecule has 102 valence electrons. The van der Waals surface area contributed by atoms with E-state index in [1.165, 1.54) is 10.4 Å². The van der Waals surface area contributed by atoms with Gasteiger partial charge in [0.25, 0.3) is 0 Å². The molecule has 5 nitrogen and oxygen atoms in total. The molecule has 1 heterocycles.